The summed E-state index contributed by atoms with van der Waals surface area (Å²) >= 11 is 1.51. The highest BCUT2D eigenvalue weighted by molar-refractivity contribution is 7.19. The van der Waals surface area contributed by atoms with Gasteiger partial charge in [0.1, 0.15) is 10.8 Å². The van der Waals surface area contributed by atoms with E-state index in [0.29, 0.717) is 17.0 Å². The lowest BCUT2D eigenvalue weighted by Crippen LogP contribution is -2.22. The summed E-state index contributed by atoms with van der Waals surface area (Å²) < 4.78 is 6.33. The molecule has 0 spiro atoms. The van der Waals surface area contributed by atoms with E-state index in [-0.39, 0.29) is 11.8 Å². The summed E-state index contributed by atoms with van der Waals surface area (Å²) in [4.78, 5) is 30.4. The second-order valence-corrected chi connectivity index (χ2v) is 7.02. The normalized spacial score (nSPS) is 10.9. The van der Waals surface area contributed by atoms with Crippen LogP contribution in [0.25, 0.3) is 16.3 Å². The Kier molecular flexibility index (Phi) is 5.52. The number of amides is 2. The van der Waals surface area contributed by atoms with Gasteiger partial charge in [0.2, 0.25) is 5.91 Å². The molecule has 138 valence electrons. The molecule has 2 amide bonds. The summed E-state index contributed by atoms with van der Waals surface area (Å²) in [5.41, 5.74) is 1.80. The molecule has 0 radical (unpaired) electrons. The number of anilines is 1. The number of thiazole rings is 1. The van der Waals surface area contributed by atoms with Crippen LogP contribution in [-0.2, 0) is 4.79 Å². The largest absolute Gasteiger partial charge is 0.495 e. The number of fused-ring (bicyclic) bond motifs is 1. The molecule has 3 rings (SSSR count). The fraction of sp³-hybridized carbons (Fsp3) is 0.150. The van der Waals surface area contributed by atoms with Crippen molar-refractivity contribution in [2.45, 2.75) is 0 Å². The number of rotatable bonds is 5. The van der Waals surface area contributed by atoms with Crippen molar-refractivity contribution in [3.63, 3.8) is 0 Å². The van der Waals surface area contributed by atoms with Crippen molar-refractivity contribution < 1.29 is 14.3 Å². The summed E-state index contributed by atoms with van der Waals surface area (Å²) in [6.45, 7) is 0. The number of carbonyl (C=O) groups is 2. The molecule has 2 aromatic carbocycles. The molecule has 1 N–H and O–H groups in total. The predicted molar refractivity (Wildman–Crippen MR) is 108 cm³/mol. The van der Waals surface area contributed by atoms with Gasteiger partial charge in [-0.2, -0.15) is 0 Å². The van der Waals surface area contributed by atoms with E-state index in [9.17, 15) is 9.59 Å². The second kappa shape index (κ2) is 8.01. The second-order valence-electron chi connectivity index (χ2n) is 5.96. The molecule has 0 aliphatic heterocycles. The lowest BCUT2D eigenvalue weighted by molar-refractivity contribution is -0.111. The molecule has 6 nitrogen and oxygen atoms in total. The average Bonchev–Trinajstić information content (AvgIpc) is 3.08. The summed E-state index contributed by atoms with van der Waals surface area (Å²) in [5, 5.41) is 3.50. The van der Waals surface area contributed by atoms with Crippen LogP contribution >= 0.6 is 11.3 Å². The number of carbonyl (C=O) groups excluding carboxylic acids is 2. The summed E-state index contributed by atoms with van der Waals surface area (Å²) in [6.07, 6.45) is 3.08. The van der Waals surface area contributed by atoms with Crippen LogP contribution in [0, 0.1) is 0 Å². The molecule has 0 aliphatic rings. The zero-order chi connectivity index (χ0) is 19.4. The number of nitrogens with one attached hydrogen (secondary N) is 1. The van der Waals surface area contributed by atoms with Gasteiger partial charge < -0.3 is 15.0 Å². The number of methoxy groups -OCH3 is 1. The Morgan fingerprint density at radius 3 is 2.67 bits per heavy atom. The number of hydrogen-bond donors (Lipinski definition) is 1. The van der Waals surface area contributed by atoms with Crippen LogP contribution in [0.15, 0.2) is 48.5 Å². The minimum atomic E-state index is -0.331. The van der Waals surface area contributed by atoms with Crippen LogP contribution in [0.2, 0.25) is 0 Å². The molecule has 1 aromatic heterocycles. The summed E-state index contributed by atoms with van der Waals surface area (Å²) in [6, 6.07) is 12.7. The van der Waals surface area contributed by atoms with Gasteiger partial charge in [-0.05, 0) is 36.4 Å². The van der Waals surface area contributed by atoms with E-state index in [4.69, 9.17) is 4.74 Å². The van der Waals surface area contributed by atoms with Gasteiger partial charge in [-0.3, -0.25) is 9.59 Å². The van der Waals surface area contributed by atoms with Crippen molar-refractivity contribution in [3.05, 3.63) is 59.1 Å². The topological polar surface area (TPSA) is 71.5 Å². The third-order valence-electron chi connectivity index (χ3n) is 3.80. The fourth-order valence-corrected chi connectivity index (χ4v) is 3.35. The minimum absolute atomic E-state index is 0.154. The molecule has 0 bridgehead atoms. The van der Waals surface area contributed by atoms with Crippen molar-refractivity contribution in [1.29, 1.82) is 0 Å². The van der Waals surface area contributed by atoms with Gasteiger partial charge >= 0.3 is 0 Å². The molecule has 0 aliphatic carbocycles. The van der Waals surface area contributed by atoms with E-state index in [2.05, 4.69) is 10.3 Å². The third kappa shape index (κ3) is 4.32. The molecule has 27 heavy (non-hydrogen) atoms. The Morgan fingerprint density at radius 2 is 1.96 bits per heavy atom. The molecule has 7 heteroatoms. The van der Waals surface area contributed by atoms with Gasteiger partial charge in [-0.25, -0.2) is 4.98 Å². The van der Waals surface area contributed by atoms with E-state index >= 15 is 0 Å². The van der Waals surface area contributed by atoms with Crippen LogP contribution in [0.3, 0.4) is 0 Å². The van der Waals surface area contributed by atoms with Gasteiger partial charge in [0, 0.05) is 25.7 Å². The standard InChI is InChI=1S/C20H19N3O3S/c1-23(2)20(25)13-8-9-16(26-3)15(12-13)21-18(24)10-11-19-22-14-6-4-5-7-17(14)27-19/h4-12H,1-3H3,(H,21,24). The fourth-order valence-electron chi connectivity index (χ4n) is 2.48. The van der Waals surface area contributed by atoms with Gasteiger partial charge in [0.15, 0.2) is 0 Å². The van der Waals surface area contributed by atoms with E-state index in [1.54, 1.807) is 38.4 Å². The maximum atomic E-state index is 12.3. The van der Waals surface area contributed by atoms with E-state index in [1.807, 2.05) is 24.3 Å². The van der Waals surface area contributed by atoms with Gasteiger partial charge in [0.25, 0.3) is 5.91 Å². The Labute approximate surface area is 161 Å². The molecule has 0 atom stereocenters. The number of aromatic nitrogens is 1. The molecule has 0 unspecified atom stereocenters. The third-order valence-corrected chi connectivity index (χ3v) is 4.80. The Bertz CT molecular complexity index is 991. The van der Waals surface area contributed by atoms with Crippen LogP contribution in [0.1, 0.15) is 15.4 Å². The maximum Gasteiger partial charge on any atom is 0.253 e. The zero-order valence-electron chi connectivity index (χ0n) is 15.2. The lowest BCUT2D eigenvalue weighted by atomic mass is 10.1. The van der Waals surface area contributed by atoms with E-state index in [1.165, 1.54) is 29.4 Å². The first-order chi connectivity index (χ1) is 13.0. The highest BCUT2D eigenvalue weighted by Gasteiger charge is 2.13. The maximum absolute atomic E-state index is 12.3. The quantitative estimate of drug-likeness (QED) is 0.685. The number of ether oxygens (including phenoxy) is 1. The number of hydrogen-bond acceptors (Lipinski definition) is 5. The molecule has 0 fully saturated rings. The molecule has 0 saturated heterocycles. The van der Waals surface area contributed by atoms with Crippen molar-refractivity contribution in [2.75, 3.05) is 26.5 Å². The molecular formula is C20H19N3O3S. The van der Waals surface area contributed by atoms with Crippen LogP contribution in [0.5, 0.6) is 5.75 Å². The molecule has 0 saturated carbocycles. The van der Waals surface area contributed by atoms with Gasteiger partial charge in [-0.1, -0.05) is 12.1 Å². The molecular weight excluding hydrogens is 362 g/mol. The van der Waals surface area contributed by atoms with Gasteiger partial charge in [-0.15, -0.1) is 11.3 Å². The number of benzene rings is 2. The highest BCUT2D eigenvalue weighted by Crippen LogP contribution is 2.26. The van der Waals surface area contributed by atoms with Crippen LogP contribution in [0.4, 0.5) is 5.69 Å². The Morgan fingerprint density at radius 1 is 1.19 bits per heavy atom. The lowest BCUT2D eigenvalue weighted by Gasteiger charge is -2.13. The first-order valence-corrected chi connectivity index (χ1v) is 9.04. The van der Waals surface area contributed by atoms with Crippen molar-refractivity contribution in [3.8, 4) is 5.75 Å². The number of nitrogens with zero attached hydrogens (tertiary/aromatic N) is 2. The summed E-state index contributed by atoms with van der Waals surface area (Å²) in [5.74, 6) is -0.00720. The molecule has 3 aromatic rings. The minimum Gasteiger partial charge on any atom is -0.495 e. The van der Waals surface area contributed by atoms with Crippen molar-refractivity contribution in [2.24, 2.45) is 0 Å². The average molecular weight is 381 g/mol. The zero-order valence-corrected chi connectivity index (χ0v) is 16.0. The summed E-state index contributed by atoms with van der Waals surface area (Å²) in [7, 11) is 4.85. The van der Waals surface area contributed by atoms with Gasteiger partial charge in [0.05, 0.1) is 23.0 Å². The predicted octanol–water partition coefficient (Wildman–Crippen LogP) is 3.66. The SMILES string of the molecule is COc1ccc(C(=O)N(C)C)cc1NC(=O)C=Cc1nc2ccccc2s1. The first kappa shape index (κ1) is 18.6. The number of para-hydroxylation sites is 1. The van der Waals surface area contributed by atoms with E-state index < -0.39 is 0 Å². The van der Waals surface area contributed by atoms with Crippen molar-refractivity contribution >= 4 is 45.1 Å². The van der Waals surface area contributed by atoms with Crippen LogP contribution in [-0.4, -0.2) is 42.9 Å². The van der Waals surface area contributed by atoms with Crippen molar-refractivity contribution in [1.82, 2.24) is 9.88 Å². The highest BCUT2D eigenvalue weighted by atomic mass is 32.1. The molecule has 1 heterocycles. The first-order valence-electron chi connectivity index (χ1n) is 8.22. The van der Waals surface area contributed by atoms with Crippen LogP contribution < -0.4 is 10.1 Å². The monoisotopic (exact) mass is 381 g/mol. The van der Waals surface area contributed by atoms with E-state index in [0.717, 1.165) is 15.2 Å². The Hall–Kier alpha value is -3.19. The smallest absolute Gasteiger partial charge is 0.253 e. The Balaban J connectivity index is 1.78.